The van der Waals surface area contributed by atoms with Crippen molar-refractivity contribution < 1.29 is 0 Å². The molecule has 0 amide bonds. The first kappa shape index (κ1) is 22.6. The molecule has 0 saturated carbocycles. The molecule has 0 radical (unpaired) electrons. The summed E-state index contributed by atoms with van der Waals surface area (Å²) in [4.78, 5) is 4.69. The monoisotopic (exact) mass is 302 g/mol. The first-order valence-electron chi connectivity index (χ1n) is 8.29. The van der Waals surface area contributed by atoms with Crippen LogP contribution in [0.1, 0.15) is 68.2 Å². The van der Waals surface area contributed by atoms with E-state index in [0.29, 0.717) is 5.71 Å². The van der Waals surface area contributed by atoms with E-state index in [1.54, 1.807) is 6.08 Å². The van der Waals surface area contributed by atoms with Gasteiger partial charge in [-0.3, -0.25) is 10.4 Å². The summed E-state index contributed by atoms with van der Waals surface area (Å²) in [5.74, 6) is 0. The fourth-order valence-electron chi connectivity index (χ4n) is 1.74. The van der Waals surface area contributed by atoms with E-state index >= 15 is 0 Å². The molecule has 0 spiro atoms. The Bertz CT molecular complexity index is 468. The summed E-state index contributed by atoms with van der Waals surface area (Å²) < 4.78 is 0. The summed E-state index contributed by atoms with van der Waals surface area (Å²) in [7, 11) is 0. The second-order valence-corrected chi connectivity index (χ2v) is 4.79. The molecule has 0 aliphatic rings. The van der Waals surface area contributed by atoms with Gasteiger partial charge >= 0.3 is 0 Å². The SMILES string of the molecule is C/C=C\C(=N)C(=C/C)/N=C(CC)/C(=C/C=C(C)C)CC.CC. The maximum Gasteiger partial charge on any atom is 0.0839 e. The molecule has 0 aliphatic carbocycles. The number of hydrogen-bond acceptors (Lipinski definition) is 2. The van der Waals surface area contributed by atoms with Crippen molar-refractivity contribution in [3.8, 4) is 0 Å². The largest absolute Gasteiger partial charge is 0.299 e. The van der Waals surface area contributed by atoms with Gasteiger partial charge in [0.05, 0.1) is 11.4 Å². The van der Waals surface area contributed by atoms with E-state index in [4.69, 9.17) is 5.41 Å². The zero-order chi connectivity index (χ0) is 17.5. The molecule has 0 rings (SSSR count). The average Bonchev–Trinajstić information content (AvgIpc) is 2.52. The highest BCUT2D eigenvalue weighted by Gasteiger charge is 2.05. The van der Waals surface area contributed by atoms with Crippen molar-refractivity contribution >= 4 is 11.4 Å². The van der Waals surface area contributed by atoms with E-state index in [1.165, 1.54) is 11.1 Å². The maximum atomic E-state index is 7.99. The van der Waals surface area contributed by atoms with Crippen LogP contribution in [0.4, 0.5) is 0 Å². The van der Waals surface area contributed by atoms with Crippen LogP contribution in [0.5, 0.6) is 0 Å². The topological polar surface area (TPSA) is 36.2 Å². The predicted octanol–water partition coefficient (Wildman–Crippen LogP) is 6.67. The number of allylic oxidation sites excluding steroid dienone is 7. The molecule has 0 heterocycles. The average molecular weight is 303 g/mol. The van der Waals surface area contributed by atoms with Crippen molar-refractivity contribution in [1.29, 1.82) is 5.41 Å². The van der Waals surface area contributed by atoms with E-state index in [1.807, 2.05) is 39.8 Å². The lowest BCUT2D eigenvalue weighted by Crippen LogP contribution is -2.05. The van der Waals surface area contributed by atoms with Gasteiger partial charge in [-0.15, -0.1) is 0 Å². The molecular formula is C20H34N2. The van der Waals surface area contributed by atoms with Crippen LogP contribution < -0.4 is 0 Å². The Labute approximate surface area is 138 Å². The Kier molecular flexibility index (Phi) is 14.6. The number of aliphatic imine (C=N–C) groups is 1. The van der Waals surface area contributed by atoms with Crippen LogP contribution in [-0.2, 0) is 0 Å². The van der Waals surface area contributed by atoms with E-state index in [9.17, 15) is 0 Å². The quantitative estimate of drug-likeness (QED) is 0.403. The molecule has 1 N–H and O–H groups in total. The lowest BCUT2D eigenvalue weighted by molar-refractivity contribution is 1.12. The Morgan fingerprint density at radius 2 is 1.59 bits per heavy atom. The van der Waals surface area contributed by atoms with E-state index < -0.39 is 0 Å². The highest BCUT2D eigenvalue weighted by atomic mass is 14.8. The minimum atomic E-state index is 0.457. The second kappa shape index (κ2) is 14.2. The van der Waals surface area contributed by atoms with Crippen LogP contribution in [-0.4, -0.2) is 11.4 Å². The molecule has 2 heteroatoms. The molecule has 0 aliphatic heterocycles. The number of nitrogens with zero attached hydrogens (tertiary/aromatic N) is 1. The molecule has 0 bridgehead atoms. The van der Waals surface area contributed by atoms with Crippen molar-refractivity contribution in [2.75, 3.05) is 0 Å². The van der Waals surface area contributed by atoms with Crippen LogP contribution >= 0.6 is 0 Å². The van der Waals surface area contributed by atoms with Gasteiger partial charge < -0.3 is 0 Å². The van der Waals surface area contributed by atoms with Gasteiger partial charge in [-0.1, -0.05) is 57.6 Å². The summed E-state index contributed by atoms with van der Waals surface area (Å²) in [5, 5.41) is 7.99. The predicted molar refractivity (Wildman–Crippen MR) is 103 cm³/mol. The van der Waals surface area contributed by atoms with Gasteiger partial charge in [-0.2, -0.15) is 0 Å². The summed E-state index contributed by atoms with van der Waals surface area (Å²) in [6, 6.07) is 0. The van der Waals surface area contributed by atoms with Crippen LogP contribution in [0.25, 0.3) is 0 Å². The van der Waals surface area contributed by atoms with E-state index in [2.05, 4.69) is 44.8 Å². The molecule has 124 valence electrons. The summed E-state index contributed by atoms with van der Waals surface area (Å²) >= 11 is 0. The highest BCUT2D eigenvalue weighted by molar-refractivity contribution is 6.09. The molecule has 0 unspecified atom stereocenters. The smallest absolute Gasteiger partial charge is 0.0839 e. The minimum Gasteiger partial charge on any atom is -0.299 e. The van der Waals surface area contributed by atoms with Crippen molar-refractivity contribution in [3.63, 3.8) is 0 Å². The van der Waals surface area contributed by atoms with Gasteiger partial charge in [0.25, 0.3) is 0 Å². The molecule has 0 atom stereocenters. The lowest BCUT2D eigenvalue weighted by atomic mass is 10.0. The van der Waals surface area contributed by atoms with Gasteiger partial charge in [0, 0.05) is 5.71 Å². The normalized spacial score (nSPS) is 12.8. The minimum absolute atomic E-state index is 0.457. The van der Waals surface area contributed by atoms with E-state index in [0.717, 1.165) is 24.3 Å². The Morgan fingerprint density at radius 1 is 1.00 bits per heavy atom. The van der Waals surface area contributed by atoms with E-state index in [-0.39, 0.29) is 0 Å². The lowest BCUT2D eigenvalue weighted by Gasteiger charge is -2.08. The number of nitrogens with one attached hydrogen (secondary N) is 1. The molecular weight excluding hydrogens is 268 g/mol. The third-order valence-electron chi connectivity index (χ3n) is 2.84. The highest BCUT2D eigenvalue weighted by Crippen LogP contribution is 2.12. The molecule has 0 aromatic carbocycles. The van der Waals surface area contributed by atoms with Crippen molar-refractivity contribution in [1.82, 2.24) is 0 Å². The van der Waals surface area contributed by atoms with Crippen molar-refractivity contribution in [2.24, 2.45) is 4.99 Å². The molecule has 0 aromatic heterocycles. The van der Waals surface area contributed by atoms with Crippen LogP contribution in [0, 0.1) is 5.41 Å². The van der Waals surface area contributed by atoms with Crippen molar-refractivity contribution in [2.45, 2.75) is 68.2 Å². The fourth-order valence-corrected chi connectivity index (χ4v) is 1.74. The number of hydrogen-bond donors (Lipinski definition) is 1. The van der Waals surface area contributed by atoms with Crippen molar-refractivity contribution in [3.05, 3.63) is 47.2 Å². The van der Waals surface area contributed by atoms with Crippen LogP contribution in [0.2, 0.25) is 0 Å². The Balaban J connectivity index is 0. The first-order valence-corrected chi connectivity index (χ1v) is 8.29. The Morgan fingerprint density at radius 3 is 1.95 bits per heavy atom. The summed E-state index contributed by atoms with van der Waals surface area (Å²) in [6.45, 7) is 16.3. The third kappa shape index (κ3) is 9.28. The number of rotatable bonds is 7. The van der Waals surface area contributed by atoms with Gasteiger partial charge in [0.1, 0.15) is 0 Å². The van der Waals surface area contributed by atoms with Gasteiger partial charge in [-0.25, -0.2) is 0 Å². The van der Waals surface area contributed by atoms with Gasteiger partial charge in [0.15, 0.2) is 0 Å². The van der Waals surface area contributed by atoms with Gasteiger partial charge in [-0.05, 0) is 52.2 Å². The Hall–Kier alpha value is -1.70. The van der Waals surface area contributed by atoms with Crippen LogP contribution in [0.3, 0.4) is 0 Å². The summed E-state index contributed by atoms with van der Waals surface area (Å²) in [6.07, 6.45) is 11.6. The third-order valence-corrected chi connectivity index (χ3v) is 2.84. The van der Waals surface area contributed by atoms with Crippen LogP contribution in [0.15, 0.2) is 52.2 Å². The summed E-state index contributed by atoms with van der Waals surface area (Å²) in [5.41, 5.74) is 4.77. The first-order chi connectivity index (χ1) is 10.5. The molecule has 0 fully saturated rings. The maximum absolute atomic E-state index is 7.99. The second-order valence-electron chi connectivity index (χ2n) is 4.79. The zero-order valence-corrected chi connectivity index (χ0v) is 15.7. The molecule has 0 aromatic rings. The fraction of sp³-hybridized carbons (Fsp3) is 0.500. The standard InChI is InChI=1S/C18H28N2.C2H6/c1-7-11-16(19)18(10-4)20-17(9-3)15(8-2)13-12-14(5)6;1-2/h7,10-13,19H,8-9H2,1-6H3;1-2H3/b11-7-,15-13+,18-10-,19-16?,20-17+;. The molecule has 2 nitrogen and oxygen atoms in total. The van der Waals surface area contributed by atoms with Gasteiger partial charge in [0.2, 0.25) is 0 Å². The molecule has 22 heavy (non-hydrogen) atoms. The molecule has 0 saturated heterocycles. The zero-order valence-electron chi connectivity index (χ0n) is 15.7.